The molecular weight excluding hydrogens is 230 g/mol. The van der Waals surface area contributed by atoms with Crippen LogP contribution in [0.25, 0.3) is 0 Å². The third-order valence-corrected chi connectivity index (χ3v) is 2.47. The van der Waals surface area contributed by atoms with Crippen molar-refractivity contribution in [3.63, 3.8) is 0 Å². The Hall–Kier alpha value is -0.110. The molecule has 0 aromatic heterocycles. The van der Waals surface area contributed by atoms with E-state index < -0.39 is 0 Å². The van der Waals surface area contributed by atoms with Crippen molar-refractivity contribution < 1.29 is 4.74 Å². The Balaban J connectivity index is 2.41. The summed E-state index contributed by atoms with van der Waals surface area (Å²) in [5, 5.41) is 0.532. The second-order valence-corrected chi connectivity index (χ2v) is 3.88. The van der Waals surface area contributed by atoms with Crippen molar-refractivity contribution in [1.82, 2.24) is 0 Å². The summed E-state index contributed by atoms with van der Waals surface area (Å²) in [5.74, 6) is 1.13. The largest absolute Gasteiger partial charge is 0.492 e. The van der Waals surface area contributed by atoms with Crippen molar-refractivity contribution in [2.24, 2.45) is 0 Å². The molecule has 0 saturated carbocycles. The Labute approximate surface area is 92.5 Å². The summed E-state index contributed by atoms with van der Waals surface area (Å²) in [7, 11) is 0. The molecule has 1 nitrogen and oxygen atoms in total. The lowest BCUT2D eigenvalue weighted by atomic mass is 10.3. The molecule has 72 valence electrons. The van der Waals surface area contributed by atoms with Crippen LogP contribution in [0, 0.1) is 0 Å². The van der Waals surface area contributed by atoms with E-state index in [4.69, 9.17) is 39.5 Å². The molecule has 1 rings (SSSR count). The summed E-state index contributed by atoms with van der Waals surface area (Å²) in [6.07, 6.45) is 0. The molecule has 0 aliphatic rings. The Morgan fingerprint density at radius 2 is 1.85 bits per heavy atom. The molecule has 1 aromatic carbocycles. The Morgan fingerprint density at radius 3 is 2.38 bits per heavy atom. The van der Waals surface area contributed by atoms with E-state index in [0.29, 0.717) is 17.5 Å². The van der Waals surface area contributed by atoms with Crippen molar-refractivity contribution in [3.8, 4) is 5.75 Å². The lowest BCUT2D eigenvalue weighted by Crippen LogP contribution is -2.12. The van der Waals surface area contributed by atoms with Crippen LogP contribution in [0.2, 0.25) is 5.02 Å². The van der Waals surface area contributed by atoms with Crippen molar-refractivity contribution in [2.45, 2.75) is 5.38 Å². The molecule has 0 N–H and O–H groups in total. The van der Waals surface area contributed by atoms with E-state index >= 15 is 0 Å². The predicted molar refractivity (Wildman–Crippen MR) is 57.3 cm³/mol. The third kappa shape index (κ3) is 4.08. The van der Waals surface area contributed by atoms with E-state index in [2.05, 4.69) is 0 Å². The summed E-state index contributed by atoms with van der Waals surface area (Å²) < 4.78 is 5.34. The molecule has 13 heavy (non-hydrogen) atoms. The van der Waals surface area contributed by atoms with Crippen LogP contribution in [0.4, 0.5) is 0 Å². The fraction of sp³-hybridized carbons (Fsp3) is 0.333. The zero-order valence-corrected chi connectivity index (χ0v) is 9.11. The minimum atomic E-state index is -0.155. The van der Waals surface area contributed by atoms with Gasteiger partial charge in [-0.3, -0.25) is 0 Å². The summed E-state index contributed by atoms with van der Waals surface area (Å²) in [4.78, 5) is 0. The highest BCUT2D eigenvalue weighted by Crippen LogP contribution is 2.16. The van der Waals surface area contributed by atoms with Crippen molar-refractivity contribution >= 4 is 34.8 Å². The van der Waals surface area contributed by atoms with Gasteiger partial charge in [-0.15, -0.1) is 23.2 Å². The molecule has 0 aliphatic heterocycles. The molecule has 0 amide bonds. The summed E-state index contributed by atoms with van der Waals surface area (Å²) in [5.41, 5.74) is 0. The number of hydrogen-bond acceptors (Lipinski definition) is 1. The van der Waals surface area contributed by atoms with Crippen LogP contribution in [0.1, 0.15) is 0 Å². The van der Waals surface area contributed by atoms with Crippen LogP contribution in [0.15, 0.2) is 24.3 Å². The van der Waals surface area contributed by atoms with Gasteiger partial charge in [-0.25, -0.2) is 0 Å². The lowest BCUT2D eigenvalue weighted by Gasteiger charge is -2.08. The first-order chi connectivity index (χ1) is 6.22. The molecule has 0 fully saturated rings. The third-order valence-electron chi connectivity index (χ3n) is 1.41. The quantitative estimate of drug-likeness (QED) is 0.730. The zero-order chi connectivity index (χ0) is 9.68. The number of hydrogen-bond donors (Lipinski definition) is 0. The van der Waals surface area contributed by atoms with Gasteiger partial charge in [-0.1, -0.05) is 11.6 Å². The van der Waals surface area contributed by atoms with Gasteiger partial charge in [-0.05, 0) is 24.3 Å². The van der Waals surface area contributed by atoms with Gasteiger partial charge in [0.2, 0.25) is 0 Å². The lowest BCUT2D eigenvalue weighted by molar-refractivity contribution is 0.321. The highest BCUT2D eigenvalue weighted by atomic mass is 35.5. The number of ether oxygens (including phenoxy) is 1. The Bertz CT molecular complexity index is 248. The first kappa shape index (κ1) is 11.0. The van der Waals surface area contributed by atoms with Crippen LogP contribution in [-0.2, 0) is 0 Å². The molecular formula is C9H9Cl3O. The van der Waals surface area contributed by atoms with E-state index in [-0.39, 0.29) is 5.38 Å². The minimum Gasteiger partial charge on any atom is -0.492 e. The molecule has 0 bridgehead atoms. The molecule has 0 radical (unpaired) electrons. The normalized spacial score (nSPS) is 12.5. The zero-order valence-electron chi connectivity index (χ0n) is 6.84. The molecule has 4 heteroatoms. The first-order valence-corrected chi connectivity index (χ1v) is 5.15. The smallest absolute Gasteiger partial charge is 0.119 e. The average molecular weight is 240 g/mol. The molecule has 0 saturated heterocycles. The van der Waals surface area contributed by atoms with E-state index in [9.17, 15) is 0 Å². The van der Waals surface area contributed by atoms with Crippen LogP contribution in [0.5, 0.6) is 5.75 Å². The van der Waals surface area contributed by atoms with Gasteiger partial charge in [-0.2, -0.15) is 0 Å². The van der Waals surface area contributed by atoms with Gasteiger partial charge in [0, 0.05) is 10.9 Å². The minimum absolute atomic E-state index is 0.155. The molecule has 0 heterocycles. The maximum atomic E-state index is 5.76. The number of benzene rings is 1. The fourth-order valence-electron chi connectivity index (χ4n) is 0.762. The first-order valence-electron chi connectivity index (χ1n) is 3.81. The van der Waals surface area contributed by atoms with Crippen molar-refractivity contribution in [1.29, 1.82) is 0 Å². The summed E-state index contributed by atoms with van der Waals surface area (Å²) in [6, 6.07) is 7.11. The topological polar surface area (TPSA) is 9.23 Å². The highest BCUT2D eigenvalue weighted by Gasteiger charge is 2.02. The second-order valence-electron chi connectivity index (χ2n) is 2.52. The van der Waals surface area contributed by atoms with E-state index in [1.165, 1.54) is 0 Å². The van der Waals surface area contributed by atoms with Crippen LogP contribution in [0.3, 0.4) is 0 Å². The van der Waals surface area contributed by atoms with Crippen molar-refractivity contribution in [3.05, 3.63) is 29.3 Å². The van der Waals surface area contributed by atoms with Gasteiger partial charge < -0.3 is 4.74 Å². The molecule has 0 spiro atoms. The van der Waals surface area contributed by atoms with Gasteiger partial charge >= 0.3 is 0 Å². The standard InChI is InChI=1S/C9H9Cl3O/c10-5-8(12)6-13-9-3-1-7(11)2-4-9/h1-4,8H,5-6H2. The molecule has 0 aliphatic carbocycles. The number of rotatable bonds is 4. The summed E-state index contributed by atoms with van der Waals surface area (Å²) in [6.45, 7) is 0.409. The maximum Gasteiger partial charge on any atom is 0.119 e. The monoisotopic (exact) mass is 238 g/mol. The van der Waals surface area contributed by atoms with Crippen LogP contribution in [-0.4, -0.2) is 17.9 Å². The highest BCUT2D eigenvalue weighted by molar-refractivity contribution is 6.30. The van der Waals surface area contributed by atoms with Crippen LogP contribution < -0.4 is 4.74 Å². The van der Waals surface area contributed by atoms with Gasteiger partial charge in [0.15, 0.2) is 0 Å². The second kappa shape index (κ2) is 5.58. The van der Waals surface area contributed by atoms with Crippen molar-refractivity contribution in [2.75, 3.05) is 12.5 Å². The van der Waals surface area contributed by atoms with Gasteiger partial charge in [0.05, 0.1) is 5.38 Å². The Kier molecular flexibility index (Phi) is 4.71. The Morgan fingerprint density at radius 1 is 1.23 bits per heavy atom. The fourth-order valence-corrected chi connectivity index (χ4v) is 1.04. The van der Waals surface area contributed by atoms with E-state index in [1.54, 1.807) is 24.3 Å². The van der Waals surface area contributed by atoms with Gasteiger partial charge in [0.25, 0.3) is 0 Å². The SMILES string of the molecule is ClCC(Cl)COc1ccc(Cl)cc1. The summed E-state index contributed by atoms with van der Waals surface area (Å²) >= 11 is 17.0. The van der Waals surface area contributed by atoms with E-state index in [1.807, 2.05) is 0 Å². The number of alkyl halides is 2. The maximum absolute atomic E-state index is 5.76. The average Bonchev–Trinajstić information content (AvgIpc) is 2.16. The number of halogens is 3. The molecule has 1 unspecified atom stereocenters. The van der Waals surface area contributed by atoms with E-state index in [0.717, 1.165) is 5.75 Å². The van der Waals surface area contributed by atoms with Gasteiger partial charge in [0.1, 0.15) is 12.4 Å². The van der Waals surface area contributed by atoms with Crippen LogP contribution >= 0.6 is 34.8 Å². The molecule has 1 aromatic rings. The molecule has 1 atom stereocenters. The predicted octanol–water partition coefficient (Wildman–Crippen LogP) is 3.57.